The second kappa shape index (κ2) is 4.07. The number of primary amides is 1. The highest BCUT2D eigenvalue weighted by Gasteiger charge is 2.43. The molecule has 2 unspecified atom stereocenters. The van der Waals surface area contributed by atoms with Crippen molar-refractivity contribution in [2.24, 2.45) is 11.5 Å². The first-order valence-corrected chi connectivity index (χ1v) is 6.48. The molecular formula is C14H19N3O. The summed E-state index contributed by atoms with van der Waals surface area (Å²) < 4.78 is 0. The van der Waals surface area contributed by atoms with E-state index in [9.17, 15) is 4.79 Å². The zero-order chi connectivity index (χ0) is 12.8. The lowest BCUT2D eigenvalue weighted by atomic mass is 9.98. The highest BCUT2D eigenvalue weighted by Crippen LogP contribution is 2.35. The minimum Gasteiger partial charge on any atom is -0.368 e. The second-order valence-electron chi connectivity index (χ2n) is 5.59. The fourth-order valence-corrected chi connectivity index (χ4v) is 3.20. The summed E-state index contributed by atoms with van der Waals surface area (Å²) in [4.78, 5) is 13.8. The van der Waals surface area contributed by atoms with E-state index in [0.717, 1.165) is 19.5 Å². The molecule has 0 spiro atoms. The van der Waals surface area contributed by atoms with E-state index < -0.39 is 5.54 Å². The number of fused-ring (bicyclic) bond motifs is 1. The molecule has 1 aromatic rings. The Morgan fingerprint density at radius 2 is 1.89 bits per heavy atom. The predicted molar refractivity (Wildman–Crippen MR) is 69.4 cm³/mol. The quantitative estimate of drug-likeness (QED) is 0.807. The largest absolute Gasteiger partial charge is 0.368 e. The van der Waals surface area contributed by atoms with Crippen molar-refractivity contribution < 1.29 is 4.79 Å². The van der Waals surface area contributed by atoms with Crippen molar-refractivity contribution in [3.63, 3.8) is 0 Å². The van der Waals surface area contributed by atoms with Gasteiger partial charge in [-0.1, -0.05) is 24.3 Å². The average molecular weight is 245 g/mol. The summed E-state index contributed by atoms with van der Waals surface area (Å²) in [5.74, 6) is -0.360. The number of carbonyl (C=O) groups excluding carboxylic acids is 1. The Balaban J connectivity index is 1.72. The van der Waals surface area contributed by atoms with Gasteiger partial charge in [0.05, 0.1) is 5.54 Å². The Morgan fingerprint density at radius 3 is 2.39 bits per heavy atom. The zero-order valence-corrected chi connectivity index (χ0v) is 10.4. The fraction of sp³-hybridized carbons (Fsp3) is 0.500. The van der Waals surface area contributed by atoms with Gasteiger partial charge in [0, 0.05) is 19.1 Å². The van der Waals surface area contributed by atoms with Crippen molar-refractivity contribution in [2.45, 2.75) is 43.9 Å². The molecule has 3 rings (SSSR count). The number of rotatable bonds is 2. The molecular weight excluding hydrogens is 226 g/mol. The molecule has 1 fully saturated rings. The van der Waals surface area contributed by atoms with Gasteiger partial charge in [-0.15, -0.1) is 0 Å². The van der Waals surface area contributed by atoms with Crippen LogP contribution in [0.2, 0.25) is 0 Å². The maximum absolute atomic E-state index is 11.4. The maximum Gasteiger partial charge on any atom is 0.237 e. The zero-order valence-electron chi connectivity index (χ0n) is 10.4. The van der Waals surface area contributed by atoms with E-state index in [1.54, 1.807) is 0 Å². The molecule has 1 aliphatic heterocycles. The van der Waals surface area contributed by atoms with E-state index in [1.165, 1.54) is 11.1 Å². The number of amides is 1. The van der Waals surface area contributed by atoms with Crippen LogP contribution >= 0.6 is 0 Å². The first kappa shape index (κ1) is 11.7. The fourth-order valence-electron chi connectivity index (χ4n) is 3.20. The third-order valence-electron chi connectivity index (χ3n) is 4.40. The summed E-state index contributed by atoms with van der Waals surface area (Å²) in [6.07, 6.45) is 2.36. The van der Waals surface area contributed by atoms with Crippen LogP contribution in [0.15, 0.2) is 24.3 Å². The highest BCUT2D eigenvalue weighted by molar-refractivity contribution is 5.84. The minimum atomic E-state index is -0.792. The lowest BCUT2D eigenvalue weighted by Gasteiger charge is -2.25. The Kier molecular flexibility index (Phi) is 2.64. The molecule has 0 saturated heterocycles. The first-order chi connectivity index (χ1) is 8.58. The lowest BCUT2D eigenvalue weighted by Crippen LogP contribution is -2.50. The molecule has 1 aromatic carbocycles. The van der Waals surface area contributed by atoms with E-state index in [0.29, 0.717) is 18.9 Å². The maximum atomic E-state index is 11.4. The van der Waals surface area contributed by atoms with E-state index in [-0.39, 0.29) is 5.91 Å². The van der Waals surface area contributed by atoms with Gasteiger partial charge in [-0.05, 0) is 30.4 Å². The van der Waals surface area contributed by atoms with Crippen molar-refractivity contribution in [2.75, 3.05) is 0 Å². The smallest absolute Gasteiger partial charge is 0.237 e. The van der Waals surface area contributed by atoms with E-state index in [1.807, 2.05) is 0 Å². The third-order valence-corrected chi connectivity index (χ3v) is 4.40. The Hall–Kier alpha value is -1.39. The number of benzene rings is 1. The van der Waals surface area contributed by atoms with Gasteiger partial charge >= 0.3 is 0 Å². The number of nitrogens with zero attached hydrogens (tertiary/aromatic N) is 1. The normalized spacial score (nSPS) is 31.5. The standard InChI is InChI=1S/C14H19N3O/c15-13(18)14(16)6-5-12(7-14)17-8-10-3-1-2-4-11(10)9-17/h1-4,12H,5-9,16H2,(H2,15,18). The summed E-state index contributed by atoms with van der Waals surface area (Å²) in [6.45, 7) is 1.94. The van der Waals surface area contributed by atoms with Crippen molar-refractivity contribution in [1.82, 2.24) is 4.90 Å². The number of carbonyl (C=O) groups is 1. The van der Waals surface area contributed by atoms with Crippen molar-refractivity contribution >= 4 is 5.91 Å². The SMILES string of the molecule is NC(=O)C1(N)CCC(N2Cc3ccccc3C2)C1. The van der Waals surface area contributed by atoms with Crippen LogP contribution in [0, 0.1) is 0 Å². The molecule has 2 aliphatic rings. The van der Waals surface area contributed by atoms with E-state index in [2.05, 4.69) is 29.2 Å². The van der Waals surface area contributed by atoms with E-state index in [4.69, 9.17) is 11.5 Å². The molecule has 0 bridgehead atoms. The van der Waals surface area contributed by atoms with Gasteiger partial charge in [0.1, 0.15) is 0 Å². The molecule has 4 nitrogen and oxygen atoms in total. The highest BCUT2D eigenvalue weighted by atomic mass is 16.1. The lowest BCUT2D eigenvalue weighted by molar-refractivity contribution is -0.123. The molecule has 18 heavy (non-hydrogen) atoms. The van der Waals surface area contributed by atoms with Gasteiger partial charge in [-0.3, -0.25) is 9.69 Å². The third kappa shape index (κ3) is 1.82. The Labute approximate surface area is 107 Å². The monoisotopic (exact) mass is 245 g/mol. The van der Waals surface area contributed by atoms with Crippen molar-refractivity contribution in [3.05, 3.63) is 35.4 Å². The van der Waals surface area contributed by atoms with Crippen LogP contribution in [0.25, 0.3) is 0 Å². The first-order valence-electron chi connectivity index (χ1n) is 6.48. The number of hydrogen-bond acceptors (Lipinski definition) is 3. The molecule has 4 N–H and O–H groups in total. The van der Waals surface area contributed by atoms with Gasteiger partial charge in [0.25, 0.3) is 0 Å². The van der Waals surface area contributed by atoms with Crippen LogP contribution < -0.4 is 11.5 Å². The molecule has 2 atom stereocenters. The topological polar surface area (TPSA) is 72.3 Å². The molecule has 1 amide bonds. The van der Waals surface area contributed by atoms with Gasteiger partial charge < -0.3 is 11.5 Å². The molecule has 96 valence electrons. The van der Waals surface area contributed by atoms with Crippen molar-refractivity contribution in [3.8, 4) is 0 Å². The van der Waals surface area contributed by atoms with E-state index >= 15 is 0 Å². The van der Waals surface area contributed by atoms with Crippen LogP contribution in [-0.4, -0.2) is 22.4 Å². The van der Waals surface area contributed by atoms with Crippen LogP contribution in [0.5, 0.6) is 0 Å². The predicted octanol–water partition coefficient (Wildman–Crippen LogP) is 0.738. The Bertz CT molecular complexity index is 463. The minimum absolute atomic E-state index is 0.360. The van der Waals surface area contributed by atoms with Crippen molar-refractivity contribution in [1.29, 1.82) is 0 Å². The summed E-state index contributed by atoms with van der Waals surface area (Å²) in [6, 6.07) is 8.89. The average Bonchev–Trinajstić information content (AvgIpc) is 2.92. The van der Waals surface area contributed by atoms with Crippen LogP contribution in [0.4, 0.5) is 0 Å². The van der Waals surface area contributed by atoms with Crippen LogP contribution in [0.1, 0.15) is 30.4 Å². The molecule has 1 heterocycles. The number of nitrogens with two attached hydrogens (primary N) is 2. The summed E-state index contributed by atoms with van der Waals surface area (Å²) in [5.41, 5.74) is 13.5. The molecule has 0 aromatic heterocycles. The number of hydrogen-bond donors (Lipinski definition) is 2. The van der Waals surface area contributed by atoms with Gasteiger partial charge in [-0.25, -0.2) is 0 Å². The molecule has 0 radical (unpaired) electrons. The second-order valence-corrected chi connectivity index (χ2v) is 5.59. The molecule has 1 aliphatic carbocycles. The Morgan fingerprint density at radius 1 is 1.28 bits per heavy atom. The summed E-state index contributed by atoms with van der Waals surface area (Å²) in [7, 11) is 0. The van der Waals surface area contributed by atoms with Crippen LogP contribution in [0.3, 0.4) is 0 Å². The molecule has 4 heteroatoms. The van der Waals surface area contributed by atoms with Gasteiger partial charge in [0.15, 0.2) is 0 Å². The summed E-state index contributed by atoms with van der Waals surface area (Å²) in [5, 5.41) is 0. The molecule has 1 saturated carbocycles. The summed E-state index contributed by atoms with van der Waals surface area (Å²) >= 11 is 0. The van der Waals surface area contributed by atoms with Gasteiger partial charge in [0.2, 0.25) is 5.91 Å². The van der Waals surface area contributed by atoms with Crippen LogP contribution in [-0.2, 0) is 17.9 Å². The van der Waals surface area contributed by atoms with Gasteiger partial charge in [-0.2, -0.15) is 0 Å².